The van der Waals surface area contributed by atoms with Crippen molar-refractivity contribution in [3.05, 3.63) is 58.5 Å². The molecule has 1 unspecified atom stereocenters. The van der Waals surface area contributed by atoms with Gasteiger partial charge in [-0.05, 0) is 56.9 Å². The van der Waals surface area contributed by atoms with Gasteiger partial charge in [-0.2, -0.15) is 5.10 Å². The van der Waals surface area contributed by atoms with Gasteiger partial charge >= 0.3 is 0 Å². The first-order chi connectivity index (χ1) is 11.6. The van der Waals surface area contributed by atoms with E-state index < -0.39 is 0 Å². The van der Waals surface area contributed by atoms with Crippen molar-refractivity contribution in [3.8, 4) is 0 Å². The number of nitrogens with one attached hydrogen (secondary N) is 2. The summed E-state index contributed by atoms with van der Waals surface area (Å²) in [4.78, 5) is 17.4. The van der Waals surface area contributed by atoms with E-state index in [1.807, 2.05) is 44.3 Å². The number of hydrogen-bond acceptors (Lipinski definition) is 3. The lowest BCUT2D eigenvalue weighted by Gasteiger charge is -2.23. The molecule has 122 valence electrons. The second kappa shape index (κ2) is 5.74. The summed E-state index contributed by atoms with van der Waals surface area (Å²) in [7, 11) is 0. The number of H-pyrrole nitrogens is 1. The maximum atomic E-state index is 12.9. The average molecular weight is 320 g/mol. The number of carbonyl (C=O) groups is 1. The molecule has 1 aliphatic carbocycles. The van der Waals surface area contributed by atoms with Crippen molar-refractivity contribution in [1.29, 1.82) is 0 Å². The van der Waals surface area contributed by atoms with E-state index in [2.05, 4.69) is 20.5 Å². The number of pyridine rings is 1. The highest BCUT2D eigenvalue weighted by atomic mass is 16.1. The van der Waals surface area contributed by atoms with E-state index in [4.69, 9.17) is 0 Å². The molecule has 2 heterocycles. The monoisotopic (exact) mass is 320 g/mol. The number of amides is 1. The molecule has 1 aromatic carbocycles. The molecule has 5 heteroatoms. The second-order valence-electron chi connectivity index (χ2n) is 6.62. The van der Waals surface area contributed by atoms with Crippen molar-refractivity contribution in [1.82, 2.24) is 20.5 Å². The van der Waals surface area contributed by atoms with E-state index in [1.165, 1.54) is 11.3 Å². The lowest BCUT2D eigenvalue weighted by molar-refractivity contribution is 0.0935. The summed E-state index contributed by atoms with van der Waals surface area (Å²) in [6.45, 7) is 3.96. The van der Waals surface area contributed by atoms with Gasteiger partial charge in [-0.25, -0.2) is 0 Å². The zero-order chi connectivity index (χ0) is 16.7. The zero-order valence-electron chi connectivity index (χ0n) is 13.9. The number of carbonyl (C=O) groups excluding carboxylic acids is 1. The Balaban J connectivity index is 1.63. The fourth-order valence-electron chi connectivity index (χ4n) is 3.46. The highest BCUT2D eigenvalue weighted by Crippen LogP contribution is 2.22. The van der Waals surface area contributed by atoms with Crippen LogP contribution in [0.3, 0.4) is 0 Å². The van der Waals surface area contributed by atoms with Gasteiger partial charge in [0.2, 0.25) is 0 Å². The standard InChI is InChI=1S/C19H20N4O/c1-11-3-5-18-15(7-11)16(8-12(2)21-18)19(24)22-14-4-6-17-13(9-14)10-20-23-17/h3,5,7-8,10,14H,4,6,9H2,1-2H3,(H,20,23)(H,22,24). The molecule has 0 aliphatic heterocycles. The van der Waals surface area contributed by atoms with Gasteiger partial charge in [0.05, 0.1) is 17.3 Å². The Bertz CT molecular complexity index is 928. The van der Waals surface area contributed by atoms with Crippen LogP contribution in [0.15, 0.2) is 30.5 Å². The zero-order valence-corrected chi connectivity index (χ0v) is 13.9. The van der Waals surface area contributed by atoms with Crippen LogP contribution < -0.4 is 5.32 Å². The third kappa shape index (κ3) is 2.66. The number of rotatable bonds is 2. The van der Waals surface area contributed by atoms with Crippen LogP contribution in [0.5, 0.6) is 0 Å². The number of aromatic nitrogens is 3. The van der Waals surface area contributed by atoms with E-state index in [0.717, 1.165) is 41.4 Å². The summed E-state index contributed by atoms with van der Waals surface area (Å²) in [5.74, 6) is -0.0203. The fraction of sp³-hybridized carbons (Fsp3) is 0.316. The van der Waals surface area contributed by atoms with Gasteiger partial charge in [-0.15, -0.1) is 0 Å². The minimum Gasteiger partial charge on any atom is -0.349 e. The van der Waals surface area contributed by atoms with Crippen molar-refractivity contribution >= 4 is 16.8 Å². The smallest absolute Gasteiger partial charge is 0.252 e. The van der Waals surface area contributed by atoms with Gasteiger partial charge in [0.25, 0.3) is 5.91 Å². The molecule has 0 saturated carbocycles. The summed E-state index contributed by atoms with van der Waals surface area (Å²) in [5, 5.41) is 11.2. The number of fused-ring (bicyclic) bond motifs is 2. The van der Waals surface area contributed by atoms with Crippen LogP contribution in [0.2, 0.25) is 0 Å². The number of hydrogen-bond donors (Lipinski definition) is 2. The molecule has 2 aromatic heterocycles. The number of aryl methyl sites for hydroxylation is 3. The molecule has 0 bridgehead atoms. The fourth-order valence-corrected chi connectivity index (χ4v) is 3.46. The van der Waals surface area contributed by atoms with E-state index >= 15 is 0 Å². The largest absolute Gasteiger partial charge is 0.349 e. The van der Waals surface area contributed by atoms with Crippen molar-refractivity contribution in [3.63, 3.8) is 0 Å². The van der Waals surface area contributed by atoms with Crippen LogP contribution in [-0.2, 0) is 12.8 Å². The quantitative estimate of drug-likeness (QED) is 0.763. The number of aromatic amines is 1. The van der Waals surface area contributed by atoms with Crippen LogP contribution in [0.4, 0.5) is 0 Å². The highest BCUT2D eigenvalue weighted by Gasteiger charge is 2.23. The first kappa shape index (κ1) is 14.9. The minimum atomic E-state index is -0.0203. The van der Waals surface area contributed by atoms with E-state index in [9.17, 15) is 4.79 Å². The topological polar surface area (TPSA) is 70.7 Å². The van der Waals surface area contributed by atoms with Crippen LogP contribution in [0.25, 0.3) is 10.9 Å². The Kier molecular flexibility index (Phi) is 3.56. The Labute approximate surface area is 140 Å². The number of benzene rings is 1. The maximum Gasteiger partial charge on any atom is 0.252 e. The lowest BCUT2D eigenvalue weighted by Crippen LogP contribution is -2.38. The SMILES string of the molecule is Cc1ccc2nc(C)cc(C(=O)NC3CCc4[nH]ncc4C3)c2c1. The Hall–Kier alpha value is -2.69. The summed E-state index contributed by atoms with van der Waals surface area (Å²) in [6.07, 6.45) is 4.55. The molecule has 0 saturated heterocycles. The molecular formula is C19H20N4O. The first-order valence-corrected chi connectivity index (χ1v) is 8.30. The van der Waals surface area contributed by atoms with Crippen LogP contribution >= 0.6 is 0 Å². The molecule has 0 fully saturated rings. The van der Waals surface area contributed by atoms with E-state index in [1.54, 1.807) is 0 Å². The molecule has 24 heavy (non-hydrogen) atoms. The van der Waals surface area contributed by atoms with Crippen LogP contribution in [0.1, 0.15) is 39.3 Å². The van der Waals surface area contributed by atoms with Gasteiger partial charge in [-0.3, -0.25) is 14.9 Å². The predicted octanol–water partition coefficient (Wildman–Crippen LogP) is 2.86. The molecule has 5 nitrogen and oxygen atoms in total. The van der Waals surface area contributed by atoms with Crippen molar-refractivity contribution < 1.29 is 4.79 Å². The Morgan fingerprint density at radius 3 is 3.04 bits per heavy atom. The molecular weight excluding hydrogens is 300 g/mol. The summed E-state index contributed by atoms with van der Waals surface area (Å²) in [5.41, 5.74) is 5.96. The molecule has 1 aliphatic rings. The highest BCUT2D eigenvalue weighted by molar-refractivity contribution is 6.06. The normalized spacial score (nSPS) is 16.8. The minimum absolute atomic E-state index is 0.0203. The number of nitrogens with zero attached hydrogens (tertiary/aromatic N) is 2. The summed E-state index contributed by atoms with van der Waals surface area (Å²) in [6, 6.07) is 8.07. The maximum absolute atomic E-state index is 12.9. The molecule has 0 radical (unpaired) electrons. The molecule has 4 rings (SSSR count). The Morgan fingerprint density at radius 1 is 1.29 bits per heavy atom. The van der Waals surface area contributed by atoms with Gasteiger partial charge in [-0.1, -0.05) is 11.6 Å². The van der Waals surface area contributed by atoms with Crippen molar-refractivity contribution in [2.45, 2.75) is 39.2 Å². The van der Waals surface area contributed by atoms with Gasteiger partial charge in [0.1, 0.15) is 0 Å². The summed E-state index contributed by atoms with van der Waals surface area (Å²) >= 11 is 0. The molecule has 3 aromatic rings. The van der Waals surface area contributed by atoms with Gasteiger partial charge in [0, 0.05) is 22.8 Å². The molecule has 2 N–H and O–H groups in total. The Morgan fingerprint density at radius 2 is 2.17 bits per heavy atom. The van der Waals surface area contributed by atoms with Crippen LogP contribution in [0, 0.1) is 13.8 Å². The average Bonchev–Trinajstić information content (AvgIpc) is 3.02. The van der Waals surface area contributed by atoms with E-state index in [0.29, 0.717) is 5.56 Å². The second-order valence-corrected chi connectivity index (χ2v) is 6.62. The molecule has 1 amide bonds. The van der Waals surface area contributed by atoms with Crippen molar-refractivity contribution in [2.75, 3.05) is 0 Å². The van der Waals surface area contributed by atoms with Gasteiger partial charge < -0.3 is 5.32 Å². The third-order valence-electron chi connectivity index (χ3n) is 4.69. The lowest BCUT2D eigenvalue weighted by atomic mass is 9.93. The van der Waals surface area contributed by atoms with Crippen LogP contribution in [-0.4, -0.2) is 27.1 Å². The van der Waals surface area contributed by atoms with Crippen molar-refractivity contribution in [2.24, 2.45) is 0 Å². The molecule has 0 spiro atoms. The van der Waals surface area contributed by atoms with E-state index in [-0.39, 0.29) is 11.9 Å². The summed E-state index contributed by atoms with van der Waals surface area (Å²) < 4.78 is 0. The molecule has 1 atom stereocenters. The predicted molar refractivity (Wildman–Crippen MR) is 93.1 cm³/mol. The first-order valence-electron chi connectivity index (χ1n) is 8.30. The van der Waals surface area contributed by atoms with Gasteiger partial charge in [0.15, 0.2) is 0 Å². The third-order valence-corrected chi connectivity index (χ3v) is 4.69.